The summed E-state index contributed by atoms with van der Waals surface area (Å²) in [5, 5.41) is 2.47. The Morgan fingerprint density at radius 2 is 2.50 bits per heavy atom. The van der Waals surface area contributed by atoms with Crippen molar-refractivity contribution < 1.29 is 9.53 Å². The highest BCUT2D eigenvalue weighted by Gasteiger charge is 1.93. The Morgan fingerprint density at radius 3 is 2.88 bits per heavy atom. The smallest absolute Gasteiger partial charge is 0.407 e. The van der Waals surface area contributed by atoms with E-state index in [0.29, 0.717) is 6.54 Å². The van der Waals surface area contributed by atoms with Crippen LogP contribution in [0.3, 0.4) is 0 Å². The van der Waals surface area contributed by atoms with Crippen LogP contribution in [-0.4, -0.2) is 25.5 Å². The molecule has 0 aliphatic heterocycles. The molecule has 3 nitrogen and oxygen atoms in total. The van der Waals surface area contributed by atoms with Gasteiger partial charge < -0.3 is 10.1 Å². The Kier molecular flexibility index (Phi) is 4.54. The Labute approximate surface area is 53.8 Å². The molecule has 48 valence electrons. The van der Waals surface area contributed by atoms with Crippen molar-refractivity contribution in [3.8, 4) is 0 Å². The first-order chi connectivity index (χ1) is 3.81. The molecular formula is C4H10NO2S+. The van der Waals surface area contributed by atoms with Crippen LogP contribution in [0.4, 0.5) is 4.79 Å². The summed E-state index contributed by atoms with van der Waals surface area (Å²) in [6, 6.07) is 0. The van der Waals surface area contributed by atoms with Crippen molar-refractivity contribution in [2.45, 2.75) is 0 Å². The zero-order chi connectivity index (χ0) is 6.41. The van der Waals surface area contributed by atoms with Crippen LogP contribution in [0.25, 0.3) is 0 Å². The van der Waals surface area contributed by atoms with E-state index < -0.39 is 0 Å². The summed E-state index contributed by atoms with van der Waals surface area (Å²) in [7, 11) is 1.34. The van der Waals surface area contributed by atoms with Crippen LogP contribution in [0.15, 0.2) is 0 Å². The summed E-state index contributed by atoms with van der Waals surface area (Å²) >= 11 is 3.18. The van der Waals surface area contributed by atoms with Gasteiger partial charge in [0.25, 0.3) is 0 Å². The molecule has 1 N–H and O–H groups in total. The first-order valence-electron chi connectivity index (χ1n) is 2.27. The molecule has 0 aliphatic rings. The number of methoxy groups -OCH3 is 1. The van der Waals surface area contributed by atoms with Gasteiger partial charge in [0, 0.05) is 0 Å². The van der Waals surface area contributed by atoms with Gasteiger partial charge in [-0.25, -0.2) is 4.79 Å². The molecule has 0 unspecified atom stereocenters. The predicted molar refractivity (Wildman–Crippen MR) is 35.4 cm³/mol. The van der Waals surface area contributed by atoms with Crippen molar-refractivity contribution in [3.05, 3.63) is 0 Å². The summed E-state index contributed by atoms with van der Waals surface area (Å²) in [5.74, 6) is 0.745. The largest absolute Gasteiger partial charge is 0.453 e. The molecule has 0 aliphatic carbocycles. The van der Waals surface area contributed by atoms with Gasteiger partial charge in [0.2, 0.25) is 0 Å². The molecule has 0 saturated carbocycles. The van der Waals surface area contributed by atoms with Crippen LogP contribution in [0.5, 0.6) is 0 Å². The molecule has 0 aromatic rings. The second-order valence-corrected chi connectivity index (χ2v) is 1.67. The summed E-state index contributed by atoms with van der Waals surface area (Å²) in [4.78, 5) is 10.2. The van der Waals surface area contributed by atoms with Gasteiger partial charge in [-0.15, -0.1) is 0 Å². The van der Waals surface area contributed by atoms with E-state index in [-0.39, 0.29) is 6.09 Å². The van der Waals surface area contributed by atoms with Crippen LogP contribution in [0.2, 0.25) is 0 Å². The van der Waals surface area contributed by atoms with Crippen molar-refractivity contribution in [2.75, 3.05) is 19.4 Å². The maximum Gasteiger partial charge on any atom is 0.407 e. The van der Waals surface area contributed by atoms with Gasteiger partial charge in [0.05, 0.1) is 13.7 Å². The Morgan fingerprint density at radius 1 is 1.88 bits per heavy atom. The Balaban J connectivity index is 2.99. The fourth-order valence-corrected chi connectivity index (χ4v) is 0.362. The van der Waals surface area contributed by atoms with Gasteiger partial charge in [0.1, 0.15) is 5.75 Å². The molecule has 0 aromatic heterocycles. The lowest BCUT2D eigenvalue weighted by molar-refractivity contribution is 0.172. The van der Waals surface area contributed by atoms with E-state index in [1.54, 1.807) is 0 Å². The molecule has 0 spiro atoms. The van der Waals surface area contributed by atoms with Crippen LogP contribution >= 0.6 is 0 Å². The number of amides is 1. The molecule has 0 rings (SSSR count). The third-order valence-corrected chi connectivity index (χ3v) is 0.830. The van der Waals surface area contributed by atoms with Crippen molar-refractivity contribution in [3.63, 3.8) is 0 Å². The van der Waals surface area contributed by atoms with Crippen LogP contribution < -0.4 is 5.32 Å². The average Bonchev–Trinajstić information content (AvgIpc) is 1.83. The molecule has 0 fully saturated rings. The first-order valence-corrected chi connectivity index (χ1v) is 2.98. The van der Waals surface area contributed by atoms with Crippen LogP contribution in [0.1, 0.15) is 0 Å². The maximum atomic E-state index is 10.2. The molecule has 4 heteroatoms. The van der Waals surface area contributed by atoms with Gasteiger partial charge >= 0.3 is 6.09 Å². The summed E-state index contributed by atoms with van der Waals surface area (Å²) < 4.78 is 4.28. The minimum atomic E-state index is -0.386. The third-order valence-electron chi connectivity index (χ3n) is 0.580. The first kappa shape index (κ1) is 7.62. The monoisotopic (exact) mass is 136 g/mol. The van der Waals surface area contributed by atoms with E-state index in [2.05, 4.69) is 22.7 Å². The normalized spacial score (nSPS) is 8.25. The van der Waals surface area contributed by atoms with Gasteiger partial charge in [0.15, 0.2) is 0 Å². The van der Waals surface area contributed by atoms with E-state index in [4.69, 9.17) is 0 Å². The van der Waals surface area contributed by atoms with Crippen LogP contribution in [0, 0.1) is 0 Å². The lowest BCUT2D eigenvalue weighted by atomic mass is 10.7. The molecule has 0 bridgehead atoms. The van der Waals surface area contributed by atoms with E-state index >= 15 is 0 Å². The number of hydrogen-bond acceptors (Lipinski definition) is 2. The van der Waals surface area contributed by atoms with Gasteiger partial charge in [-0.1, -0.05) is 0 Å². The van der Waals surface area contributed by atoms with E-state index in [0.717, 1.165) is 5.75 Å². The highest BCUT2D eigenvalue weighted by molar-refractivity contribution is 7.58. The van der Waals surface area contributed by atoms with Gasteiger partial charge in [-0.3, -0.25) is 0 Å². The highest BCUT2D eigenvalue weighted by Crippen LogP contribution is 1.67. The number of hydrogen-bond donors (Lipinski definition) is 1. The minimum absolute atomic E-state index is 0.386. The van der Waals surface area contributed by atoms with Crippen LogP contribution in [-0.2, 0) is 17.4 Å². The number of nitrogens with one attached hydrogen (secondary N) is 1. The fourth-order valence-electron chi connectivity index (χ4n) is 0.237. The standard InChI is InChI=1S/C4H9NO2S/c1-7-4(6)5-2-3-8/h8H,2-3H2,1H3,(H,5,6)/p+1. The van der Waals surface area contributed by atoms with E-state index in [1.165, 1.54) is 7.11 Å². The second kappa shape index (κ2) is 4.77. The Bertz CT molecular complexity index is 76.4. The molecular weight excluding hydrogens is 126 g/mol. The quantitative estimate of drug-likeness (QED) is 0.512. The average molecular weight is 136 g/mol. The molecule has 0 aromatic carbocycles. The van der Waals surface area contributed by atoms with Crippen molar-refractivity contribution in [1.29, 1.82) is 0 Å². The predicted octanol–water partition coefficient (Wildman–Crippen LogP) is -0.646. The van der Waals surface area contributed by atoms with E-state index in [1.807, 2.05) is 0 Å². The van der Waals surface area contributed by atoms with E-state index in [9.17, 15) is 4.79 Å². The SMILES string of the molecule is COC(=O)NCC[SH2+]. The topological polar surface area (TPSA) is 38.3 Å². The van der Waals surface area contributed by atoms with Crippen molar-refractivity contribution >= 4 is 18.7 Å². The summed E-state index contributed by atoms with van der Waals surface area (Å²) in [6.07, 6.45) is -0.386. The molecule has 0 saturated heterocycles. The summed E-state index contributed by atoms with van der Waals surface area (Å²) in [6.45, 7) is 0.601. The van der Waals surface area contributed by atoms with Gasteiger partial charge in [-0.2, -0.15) is 0 Å². The maximum absolute atomic E-state index is 10.2. The Hall–Kier alpha value is -0.380. The number of alkyl carbamates (subject to hydrolysis) is 1. The molecule has 0 atom stereocenters. The number of carbonyl (C=O) groups excluding carboxylic acids is 1. The lowest BCUT2D eigenvalue weighted by Gasteiger charge is -1.96. The second-order valence-electron chi connectivity index (χ2n) is 1.17. The lowest BCUT2D eigenvalue weighted by Crippen LogP contribution is -2.25. The zero-order valence-corrected chi connectivity index (χ0v) is 5.73. The zero-order valence-electron chi connectivity index (χ0n) is 4.73. The summed E-state index contributed by atoms with van der Waals surface area (Å²) in [5.41, 5.74) is 0. The fraction of sp³-hybridized carbons (Fsp3) is 0.750. The van der Waals surface area contributed by atoms with Gasteiger partial charge in [-0.05, 0) is 12.6 Å². The van der Waals surface area contributed by atoms with Crippen molar-refractivity contribution in [1.82, 2.24) is 5.32 Å². The molecule has 8 heavy (non-hydrogen) atoms. The molecule has 0 radical (unpaired) electrons. The van der Waals surface area contributed by atoms with Crippen molar-refractivity contribution in [2.24, 2.45) is 0 Å². The minimum Gasteiger partial charge on any atom is -0.453 e. The third kappa shape index (κ3) is 3.80. The number of rotatable bonds is 2. The molecule has 0 heterocycles. The number of ether oxygens (including phenoxy) is 1. The molecule has 1 amide bonds. The highest BCUT2D eigenvalue weighted by atomic mass is 32.1. The number of carbonyl (C=O) groups is 1.